The molecule has 1 heterocycles. The Kier molecular flexibility index (Phi) is 34.6. The molecule has 41 heavy (non-hydrogen) atoms. The number of para-hydroxylation sites is 2. The van der Waals surface area contributed by atoms with Gasteiger partial charge in [0.15, 0.2) is 0 Å². The largest absolute Gasteiger partial charge is 3.00 e. The third-order valence-electron chi connectivity index (χ3n) is 5.84. The SMILES string of the molecule is CC(C)c1cccc(C(C)C)c1N1C=CN(c2c(C(C)C)cccc2C(C)C)[CH-]1.CC(O)O.[CH3-].[CH3-].[CH3-].[CH3-].[CH3-].[CH3-].[Rh+3].[Rh]. The van der Waals surface area contributed by atoms with Gasteiger partial charge in [-0.1, -0.05) is 91.8 Å². The molecule has 0 saturated carbocycles. The van der Waals surface area contributed by atoms with Crippen LogP contribution in [0.4, 0.5) is 11.4 Å². The molecular weight excluding hydrogens is 686 g/mol. The maximum atomic E-state index is 7.61. The number of benzene rings is 2. The van der Waals surface area contributed by atoms with Crippen LogP contribution in [0.5, 0.6) is 0 Å². The van der Waals surface area contributed by atoms with E-state index in [0.717, 1.165) is 0 Å². The van der Waals surface area contributed by atoms with Crippen molar-refractivity contribution >= 4 is 11.4 Å². The van der Waals surface area contributed by atoms with Crippen molar-refractivity contribution in [2.75, 3.05) is 9.80 Å². The minimum absolute atomic E-state index is 0. The van der Waals surface area contributed by atoms with E-state index in [2.05, 4.69) is 121 Å². The molecule has 0 saturated heterocycles. The van der Waals surface area contributed by atoms with Crippen LogP contribution in [0.2, 0.25) is 0 Å². The minimum Gasteiger partial charge on any atom is -0.479 e. The number of aliphatic hydroxyl groups excluding tert-OH is 1. The molecule has 1 radical (unpaired) electrons. The van der Waals surface area contributed by atoms with Crippen molar-refractivity contribution in [3.05, 3.63) is 122 Å². The molecule has 1 aliphatic rings. The van der Waals surface area contributed by atoms with Gasteiger partial charge >= 0.3 is 19.5 Å². The molecule has 2 aromatic rings. The van der Waals surface area contributed by atoms with Gasteiger partial charge in [0.05, 0.1) is 0 Å². The fourth-order valence-electron chi connectivity index (χ4n) is 4.24. The third kappa shape index (κ3) is 14.8. The smallest absolute Gasteiger partial charge is 0.479 e. The van der Waals surface area contributed by atoms with Crippen LogP contribution in [0.1, 0.15) is 108 Å². The van der Waals surface area contributed by atoms with Gasteiger partial charge in [-0.2, -0.15) is 0 Å². The van der Waals surface area contributed by atoms with Crippen molar-refractivity contribution in [1.82, 2.24) is 0 Å². The number of anilines is 2. The Morgan fingerprint density at radius 3 is 0.878 bits per heavy atom. The van der Waals surface area contributed by atoms with Crippen LogP contribution in [0.3, 0.4) is 0 Å². The van der Waals surface area contributed by atoms with E-state index in [4.69, 9.17) is 10.2 Å². The number of hydrogen-bond donors (Lipinski definition) is 2. The van der Waals surface area contributed by atoms with E-state index in [1.165, 1.54) is 40.6 Å². The molecule has 6 heteroatoms. The van der Waals surface area contributed by atoms with Gasteiger partial charge in [-0.05, 0) is 65.2 Å². The first-order valence-electron chi connectivity index (χ1n) is 12.2. The fourth-order valence-corrected chi connectivity index (χ4v) is 4.24. The van der Waals surface area contributed by atoms with Crippen LogP contribution >= 0.6 is 0 Å². The van der Waals surface area contributed by atoms with Gasteiger partial charge in [0.25, 0.3) is 0 Å². The predicted octanol–water partition coefficient (Wildman–Crippen LogP) is 10.1. The zero-order valence-electron chi connectivity index (χ0n) is 28.5. The number of aliphatic hydroxyl groups is 2. The Morgan fingerprint density at radius 1 is 0.512 bits per heavy atom. The second-order valence-electron chi connectivity index (χ2n) is 10.0. The van der Waals surface area contributed by atoms with Crippen molar-refractivity contribution in [3.63, 3.8) is 0 Å². The molecule has 0 atom stereocenters. The first-order chi connectivity index (χ1) is 15.5. The molecule has 0 bridgehead atoms. The zero-order chi connectivity index (χ0) is 24.9. The van der Waals surface area contributed by atoms with Gasteiger partial charge in [0.1, 0.15) is 6.29 Å². The Morgan fingerprint density at radius 2 is 0.707 bits per heavy atom. The van der Waals surface area contributed by atoms with Crippen molar-refractivity contribution < 1.29 is 49.2 Å². The third-order valence-corrected chi connectivity index (χ3v) is 5.84. The summed E-state index contributed by atoms with van der Waals surface area (Å²) < 4.78 is 0. The molecule has 0 unspecified atom stereocenters. The summed E-state index contributed by atoms with van der Waals surface area (Å²) in [4.78, 5) is 4.65. The van der Waals surface area contributed by atoms with E-state index in [1.54, 1.807) is 0 Å². The van der Waals surface area contributed by atoms with E-state index in [-0.39, 0.29) is 83.5 Å². The van der Waals surface area contributed by atoms with Gasteiger partial charge in [-0.15, -0.1) is 6.67 Å². The maximum absolute atomic E-state index is 7.61. The quantitative estimate of drug-likeness (QED) is 0.176. The number of hydrogen-bond acceptors (Lipinski definition) is 4. The van der Waals surface area contributed by atoms with Crippen LogP contribution in [0.25, 0.3) is 0 Å². The van der Waals surface area contributed by atoms with Crippen molar-refractivity contribution in [1.29, 1.82) is 0 Å². The Labute approximate surface area is 283 Å². The van der Waals surface area contributed by atoms with Crippen molar-refractivity contribution in [3.8, 4) is 0 Å². The Hall–Kier alpha value is -1.05. The van der Waals surface area contributed by atoms with Crippen molar-refractivity contribution in [2.24, 2.45) is 0 Å². The van der Waals surface area contributed by atoms with Crippen molar-refractivity contribution in [2.45, 2.75) is 92.3 Å². The summed E-state index contributed by atoms with van der Waals surface area (Å²) >= 11 is 0. The maximum Gasteiger partial charge on any atom is 3.00 e. The molecule has 0 fully saturated rings. The summed E-state index contributed by atoms with van der Waals surface area (Å²) in [5.74, 6) is 1.92. The van der Waals surface area contributed by atoms with Crippen LogP contribution < -0.4 is 9.80 Å². The van der Waals surface area contributed by atoms with Gasteiger partial charge in [0.2, 0.25) is 0 Å². The van der Waals surface area contributed by atoms with Gasteiger partial charge in [-0.25, -0.2) is 0 Å². The summed E-state index contributed by atoms with van der Waals surface area (Å²) in [5, 5.41) is 15.2. The predicted molar refractivity (Wildman–Crippen MR) is 180 cm³/mol. The average molecular weight is 748 g/mol. The molecule has 0 aromatic heterocycles. The summed E-state index contributed by atoms with van der Waals surface area (Å²) in [7, 11) is 0. The Bertz CT molecular complexity index is 815. The van der Waals surface area contributed by atoms with Gasteiger partial charge in [-0.3, -0.25) is 0 Å². The molecule has 245 valence electrons. The molecular formula is C35H61N2O2Rh2-4. The first-order valence-corrected chi connectivity index (χ1v) is 12.2. The van der Waals surface area contributed by atoms with E-state index in [9.17, 15) is 0 Å². The summed E-state index contributed by atoms with van der Waals surface area (Å²) in [6.45, 7) is 21.8. The van der Waals surface area contributed by atoms with Crippen LogP contribution in [0, 0.1) is 51.2 Å². The molecule has 1 aliphatic heterocycles. The second kappa shape index (κ2) is 25.4. The summed E-state index contributed by atoms with van der Waals surface area (Å²) in [6.07, 6.45) is 3.27. The topological polar surface area (TPSA) is 46.9 Å². The van der Waals surface area contributed by atoms with Crippen LogP contribution in [-0.2, 0) is 39.0 Å². The first kappa shape index (κ1) is 55.8. The van der Waals surface area contributed by atoms with E-state index in [0.29, 0.717) is 23.7 Å². The van der Waals surface area contributed by atoms with E-state index in [1.807, 2.05) is 0 Å². The van der Waals surface area contributed by atoms with Crippen LogP contribution in [-0.4, -0.2) is 16.5 Å². The van der Waals surface area contributed by atoms with E-state index < -0.39 is 6.29 Å². The minimum atomic E-state index is -1.17. The zero-order valence-corrected chi connectivity index (χ0v) is 31.8. The average Bonchev–Trinajstić information content (AvgIpc) is 3.21. The van der Waals surface area contributed by atoms with Gasteiger partial charge in [0, 0.05) is 30.9 Å². The molecule has 0 aliphatic carbocycles. The molecule has 2 aromatic carbocycles. The Balaban J connectivity index is -0.000000181. The molecule has 0 spiro atoms. The molecule has 2 N–H and O–H groups in total. The molecule has 0 amide bonds. The van der Waals surface area contributed by atoms with Gasteiger partial charge < -0.3 is 64.6 Å². The number of nitrogens with zero attached hydrogens (tertiary/aromatic N) is 2. The monoisotopic (exact) mass is 747 g/mol. The number of rotatable bonds is 6. The molecule has 4 nitrogen and oxygen atoms in total. The summed E-state index contributed by atoms with van der Waals surface area (Å²) in [6, 6.07) is 13.5. The van der Waals surface area contributed by atoms with E-state index >= 15 is 0 Å². The normalized spacial score (nSPS) is 11.0. The second-order valence-corrected chi connectivity index (χ2v) is 10.0. The summed E-state index contributed by atoms with van der Waals surface area (Å²) in [5.41, 5.74) is 8.29. The van der Waals surface area contributed by atoms with Crippen LogP contribution in [0.15, 0.2) is 48.8 Å². The standard InChI is InChI=1S/C27H37N2.C2H6O2.6CH3.2Rh/c1-18(2)22-11-9-12-23(19(3)4)26(22)28-15-16-29(17-28)27-24(20(5)6)13-10-14-25(27)21(7)8;1-2(3)4;;;;;;;;/h9-21H,1-8H3;2-4H,1H3;6*1H3;;/q-1;;6*-1;;+3. The molecule has 3 rings (SSSR count). The fraction of sp³-hybridized carbons (Fsp3) is 0.400.